The minimum atomic E-state index is -4.80. The minimum Gasteiger partial charge on any atom is -0.384 e. The molecule has 1 aromatic carbocycles. The molecule has 2 atom stereocenters. The van der Waals surface area contributed by atoms with E-state index in [1.165, 1.54) is 6.92 Å². The highest BCUT2D eigenvalue weighted by Gasteiger charge is 2.46. The van der Waals surface area contributed by atoms with E-state index in [2.05, 4.69) is 10.3 Å². The second-order valence-electron chi connectivity index (χ2n) is 8.29. The summed E-state index contributed by atoms with van der Waals surface area (Å²) in [7, 11) is 1.15. The van der Waals surface area contributed by atoms with Crippen LogP contribution in [0.3, 0.4) is 0 Å². The summed E-state index contributed by atoms with van der Waals surface area (Å²) < 4.78 is 69.3. The smallest absolute Gasteiger partial charge is 0.384 e. The highest BCUT2D eigenvalue weighted by Crippen LogP contribution is 2.44. The number of carbonyl (C=O) groups is 2. The second kappa shape index (κ2) is 8.05. The number of alkyl halides is 3. The fraction of sp³-hybridized carbons (Fsp3) is 0.381. The van der Waals surface area contributed by atoms with Crippen LogP contribution >= 0.6 is 11.6 Å². The van der Waals surface area contributed by atoms with Crippen molar-refractivity contribution in [2.45, 2.75) is 37.6 Å². The van der Waals surface area contributed by atoms with Crippen molar-refractivity contribution in [1.82, 2.24) is 10.3 Å². The van der Waals surface area contributed by atoms with Crippen molar-refractivity contribution in [1.29, 1.82) is 0 Å². The molecular weight excluding hydrogens is 487 g/mol. The van der Waals surface area contributed by atoms with Crippen LogP contribution in [0.15, 0.2) is 18.2 Å². The van der Waals surface area contributed by atoms with Crippen LogP contribution in [-0.2, 0) is 23.0 Å². The van der Waals surface area contributed by atoms with Crippen LogP contribution in [0.25, 0.3) is 0 Å². The van der Waals surface area contributed by atoms with Gasteiger partial charge in [-0.1, -0.05) is 11.6 Å². The zero-order valence-corrected chi connectivity index (χ0v) is 18.6. The van der Waals surface area contributed by atoms with Gasteiger partial charge in [0.1, 0.15) is 28.3 Å². The van der Waals surface area contributed by atoms with E-state index in [4.69, 9.17) is 11.6 Å². The molecule has 2 heterocycles. The summed E-state index contributed by atoms with van der Waals surface area (Å²) in [6.45, 7) is 1.01. The lowest BCUT2D eigenvalue weighted by Gasteiger charge is -2.28. The summed E-state index contributed by atoms with van der Waals surface area (Å²) in [5.74, 6) is -3.64. The number of likely N-dealkylation sites (N-methyl/N-ethyl adjacent to an activating group) is 1. The first-order valence-corrected chi connectivity index (χ1v) is 10.4. The number of fused-ring (bicyclic) bond motifs is 1. The normalized spacial score (nSPS) is 22.1. The van der Waals surface area contributed by atoms with Crippen LogP contribution in [0.4, 0.5) is 38.3 Å². The molecule has 13 heteroatoms. The van der Waals surface area contributed by atoms with Crippen molar-refractivity contribution in [3.8, 4) is 0 Å². The van der Waals surface area contributed by atoms with E-state index < -0.39 is 63.5 Å². The van der Waals surface area contributed by atoms with Gasteiger partial charge in [-0.2, -0.15) is 13.2 Å². The van der Waals surface area contributed by atoms with Gasteiger partial charge in [-0.15, -0.1) is 0 Å². The molecule has 0 radical (unpaired) electrons. The van der Waals surface area contributed by atoms with Crippen molar-refractivity contribution in [3.63, 3.8) is 0 Å². The number of nitrogens with one attached hydrogen (secondary N) is 1. The van der Waals surface area contributed by atoms with E-state index in [0.29, 0.717) is 6.07 Å². The molecule has 0 spiro atoms. The lowest BCUT2D eigenvalue weighted by Crippen LogP contribution is -2.47. The third kappa shape index (κ3) is 3.84. The zero-order chi connectivity index (χ0) is 25.2. The predicted octanol–water partition coefficient (Wildman–Crippen LogP) is 3.75. The molecule has 2 aliphatic rings. The van der Waals surface area contributed by atoms with Crippen LogP contribution in [-0.4, -0.2) is 41.7 Å². The number of urea groups is 1. The van der Waals surface area contributed by atoms with E-state index >= 15 is 0 Å². The van der Waals surface area contributed by atoms with Crippen LogP contribution in [0.2, 0.25) is 5.02 Å². The average molecular weight is 505 g/mol. The standard InChI is InChI=1S/C21H18ClF5N4O3/c1-20(34)6-5-9-10(21(25,26)27)7-14(29-17(9)20)31-13(8-28-19(31)33)18(32)30(2)12-4-3-11(23)15(22)16(12)24/h3-4,7,13,34H,5-6,8H2,1-2H3,(H,28,33)/t13?,20-/m1/s1. The number of aliphatic hydroxyl groups is 1. The molecule has 4 rings (SSSR count). The third-order valence-electron chi connectivity index (χ3n) is 6.00. The topological polar surface area (TPSA) is 85.8 Å². The Bertz CT molecular complexity index is 1200. The number of halogens is 6. The molecule has 7 nitrogen and oxygen atoms in total. The number of hydrogen-bond donors (Lipinski definition) is 2. The summed E-state index contributed by atoms with van der Waals surface area (Å²) in [5, 5.41) is 12.1. The van der Waals surface area contributed by atoms with Crippen LogP contribution in [0.1, 0.15) is 30.2 Å². The van der Waals surface area contributed by atoms with Gasteiger partial charge in [0, 0.05) is 13.6 Å². The summed E-state index contributed by atoms with van der Waals surface area (Å²) in [6, 6.07) is 0.164. The Morgan fingerprint density at radius 2 is 2.03 bits per heavy atom. The van der Waals surface area contributed by atoms with Gasteiger partial charge in [-0.25, -0.2) is 18.6 Å². The molecule has 3 amide bonds. The quantitative estimate of drug-likeness (QED) is 0.492. The van der Waals surface area contributed by atoms with E-state index in [-0.39, 0.29) is 30.6 Å². The van der Waals surface area contributed by atoms with Crippen molar-refractivity contribution >= 4 is 35.0 Å². The fourth-order valence-corrected chi connectivity index (χ4v) is 4.36. The molecule has 182 valence electrons. The number of hydrogen-bond acceptors (Lipinski definition) is 4. The van der Waals surface area contributed by atoms with Gasteiger partial charge in [0.15, 0.2) is 5.82 Å². The van der Waals surface area contributed by atoms with Gasteiger partial charge in [0.05, 0.1) is 16.9 Å². The number of anilines is 2. The van der Waals surface area contributed by atoms with Crippen LogP contribution in [0.5, 0.6) is 0 Å². The highest BCUT2D eigenvalue weighted by atomic mass is 35.5. The Kier molecular flexibility index (Phi) is 5.72. The van der Waals surface area contributed by atoms with Crippen LogP contribution < -0.4 is 15.1 Å². The van der Waals surface area contributed by atoms with Gasteiger partial charge in [-0.05, 0) is 43.5 Å². The first kappa shape index (κ1) is 24.1. The minimum absolute atomic E-state index is 0.00373. The van der Waals surface area contributed by atoms with Gasteiger partial charge in [0.25, 0.3) is 5.91 Å². The Morgan fingerprint density at radius 1 is 1.35 bits per heavy atom. The molecule has 0 bridgehead atoms. The van der Waals surface area contributed by atoms with E-state index in [1.54, 1.807) is 0 Å². The summed E-state index contributed by atoms with van der Waals surface area (Å²) >= 11 is 5.57. The third-order valence-corrected chi connectivity index (χ3v) is 6.35. The monoisotopic (exact) mass is 504 g/mol. The molecule has 1 fully saturated rings. The Labute approximate surface area is 195 Å². The summed E-state index contributed by atoms with van der Waals surface area (Å²) in [6.07, 6.45) is -4.86. The largest absolute Gasteiger partial charge is 0.416 e. The highest BCUT2D eigenvalue weighted by molar-refractivity contribution is 6.31. The fourth-order valence-electron chi connectivity index (χ4n) is 4.20. The number of aromatic nitrogens is 1. The molecule has 2 aromatic rings. The van der Waals surface area contributed by atoms with Gasteiger partial charge < -0.3 is 15.3 Å². The predicted molar refractivity (Wildman–Crippen MR) is 112 cm³/mol. The Morgan fingerprint density at radius 3 is 2.68 bits per heavy atom. The van der Waals surface area contributed by atoms with Crippen LogP contribution in [0, 0.1) is 11.6 Å². The lowest BCUT2D eigenvalue weighted by molar-refractivity contribution is -0.138. The molecule has 1 aromatic heterocycles. The number of amides is 3. The average Bonchev–Trinajstić information content (AvgIpc) is 3.29. The molecule has 0 saturated carbocycles. The maximum absolute atomic E-state index is 14.4. The Balaban J connectivity index is 1.77. The summed E-state index contributed by atoms with van der Waals surface area (Å²) in [4.78, 5) is 31.3. The number of carbonyl (C=O) groups excluding carboxylic acids is 2. The van der Waals surface area contributed by atoms with Crippen molar-refractivity contribution in [2.24, 2.45) is 0 Å². The second-order valence-corrected chi connectivity index (χ2v) is 8.67. The molecular formula is C21H18ClF5N4O3. The maximum atomic E-state index is 14.4. The molecule has 1 saturated heterocycles. The first-order chi connectivity index (χ1) is 15.7. The van der Waals surface area contributed by atoms with Crippen molar-refractivity contribution < 1.29 is 36.6 Å². The summed E-state index contributed by atoms with van der Waals surface area (Å²) in [5.41, 5.74) is -3.53. The van der Waals surface area contributed by atoms with E-state index in [9.17, 15) is 36.6 Å². The lowest BCUT2D eigenvalue weighted by atomic mass is 10.0. The van der Waals surface area contributed by atoms with Gasteiger partial charge >= 0.3 is 12.2 Å². The first-order valence-electron chi connectivity index (χ1n) is 10.1. The number of pyridine rings is 1. The molecule has 34 heavy (non-hydrogen) atoms. The van der Waals surface area contributed by atoms with Gasteiger partial charge in [0.2, 0.25) is 0 Å². The molecule has 2 N–H and O–H groups in total. The SMILES string of the molecule is CN(C(=O)C1CNC(=O)N1c1cc(C(F)(F)F)c2c(n1)[C@](C)(O)CC2)c1ccc(F)c(Cl)c1F. The van der Waals surface area contributed by atoms with Crippen molar-refractivity contribution in [3.05, 3.63) is 51.7 Å². The van der Waals surface area contributed by atoms with Crippen molar-refractivity contribution in [2.75, 3.05) is 23.4 Å². The Hall–Kier alpha value is -2.99. The molecule has 1 unspecified atom stereocenters. The molecule has 1 aliphatic heterocycles. The van der Waals surface area contributed by atoms with E-state index in [0.717, 1.165) is 29.0 Å². The number of benzene rings is 1. The maximum Gasteiger partial charge on any atom is 0.416 e. The zero-order valence-electron chi connectivity index (χ0n) is 17.8. The number of rotatable bonds is 3. The van der Waals surface area contributed by atoms with E-state index in [1.807, 2.05) is 0 Å². The molecule has 1 aliphatic carbocycles. The van der Waals surface area contributed by atoms with Gasteiger partial charge in [-0.3, -0.25) is 9.69 Å². The number of nitrogens with zero attached hydrogens (tertiary/aromatic N) is 3.